The van der Waals surface area contributed by atoms with E-state index in [4.69, 9.17) is 0 Å². The first kappa shape index (κ1) is 6.45. The molecule has 0 amide bonds. The molecule has 0 saturated heterocycles. The Morgan fingerprint density at radius 1 is 0.583 bits per heavy atom. The fourth-order valence-electron chi connectivity index (χ4n) is 4.86. The fraction of sp³-hybridized carbons (Fsp3) is 1.00. The molecule has 0 aromatic carbocycles. The summed E-state index contributed by atoms with van der Waals surface area (Å²) >= 11 is 0. The number of hydrogen-bond acceptors (Lipinski definition) is 0. The third kappa shape index (κ3) is 0.561. The van der Waals surface area contributed by atoms with Crippen LogP contribution in [0.2, 0.25) is 0 Å². The zero-order chi connectivity index (χ0) is 7.71. The number of fused-ring (bicyclic) bond motifs is 2. The quantitative estimate of drug-likeness (QED) is 0.556. The lowest BCUT2D eigenvalue weighted by Gasteiger charge is -2.60. The minimum absolute atomic E-state index is 1.21. The Hall–Kier alpha value is 0. The molecule has 0 N–H and O–H groups in total. The highest BCUT2D eigenvalue weighted by atomic mass is 14.6. The normalized spacial score (nSPS) is 66.0. The minimum Gasteiger partial charge on any atom is -0.0499 e. The van der Waals surface area contributed by atoms with E-state index in [-0.39, 0.29) is 0 Å². The summed E-state index contributed by atoms with van der Waals surface area (Å²) in [5.74, 6) is 7.35. The molecule has 12 heavy (non-hydrogen) atoms. The molecule has 0 spiro atoms. The topological polar surface area (TPSA) is 0 Å². The molecule has 0 heterocycles. The molecular formula is C12H18. The van der Waals surface area contributed by atoms with Crippen molar-refractivity contribution in [3.8, 4) is 0 Å². The van der Waals surface area contributed by atoms with Gasteiger partial charge in [-0.2, -0.15) is 0 Å². The lowest BCUT2D eigenvalue weighted by molar-refractivity contribution is -0.105. The summed E-state index contributed by atoms with van der Waals surface area (Å²) in [7, 11) is 0. The second-order valence-electron chi connectivity index (χ2n) is 5.81. The summed E-state index contributed by atoms with van der Waals surface area (Å²) < 4.78 is 0. The van der Waals surface area contributed by atoms with E-state index < -0.39 is 0 Å². The predicted molar refractivity (Wildman–Crippen MR) is 48.6 cm³/mol. The Morgan fingerprint density at radius 3 is 1.75 bits per heavy atom. The monoisotopic (exact) mass is 162 g/mol. The van der Waals surface area contributed by atoms with Crippen LogP contribution in [0.25, 0.3) is 0 Å². The van der Waals surface area contributed by atoms with Crippen molar-refractivity contribution in [3.63, 3.8) is 0 Å². The van der Waals surface area contributed by atoms with Crippen molar-refractivity contribution in [1.29, 1.82) is 0 Å². The molecule has 5 unspecified atom stereocenters. The molecule has 5 rings (SSSR count). The maximum absolute atomic E-state index is 1.64. The Bertz CT molecular complexity index is 206. The van der Waals surface area contributed by atoms with Crippen LogP contribution in [-0.4, -0.2) is 0 Å². The van der Waals surface area contributed by atoms with Crippen molar-refractivity contribution < 1.29 is 0 Å². The Morgan fingerprint density at radius 2 is 1.33 bits per heavy atom. The third-order valence-electron chi connectivity index (χ3n) is 5.70. The lowest BCUT2D eigenvalue weighted by atomic mass is 9.45. The van der Waals surface area contributed by atoms with Gasteiger partial charge in [-0.05, 0) is 74.0 Å². The largest absolute Gasteiger partial charge is 0.0499 e. The smallest absolute Gasteiger partial charge is 0.0326 e. The van der Waals surface area contributed by atoms with Crippen LogP contribution in [0, 0.1) is 35.5 Å². The van der Waals surface area contributed by atoms with Gasteiger partial charge >= 0.3 is 0 Å². The van der Waals surface area contributed by atoms with Gasteiger partial charge in [-0.1, -0.05) is 0 Å². The van der Waals surface area contributed by atoms with Crippen molar-refractivity contribution >= 4 is 0 Å². The van der Waals surface area contributed by atoms with E-state index in [1.165, 1.54) is 35.5 Å². The highest BCUT2D eigenvalue weighted by Crippen LogP contribution is 2.66. The first-order chi connectivity index (χ1) is 5.93. The first-order valence-corrected chi connectivity index (χ1v) is 5.93. The van der Waals surface area contributed by atoms with E-state index in [1.54, 1.807) is 38.5 Å². The molecule has 0 aromatic rings. The molecule has 5 saturated carbocycles. The average molecular weight is 162 g/mol. The molecule has 5 fully saturated rings. The molecule has 2 bridgehead atoms. The van der Waals surface area contributed by atoms with Crippen LogP contribution in [0.3, 0.4) is 0 Å². The summed E-state index contributed by atoms with van der Waals surface area (Å²) in [6, 6.07) is 0. The van der Waals surface area contributed by atoms with Crippen LogP contribution in [0.4, 0.5) is 0 Å². The van der Waals surface area contributed by atoms with E-state index in [1.807, 2.05) is 0 Å². The van der Waals surface area contributed by atoms with Gasteiger partial charge in [0, 0.05) is 0 Å². The molecular weight excluding hydrogens is 144 g/mol. The zero-order valence-electron chi connectivity index (χ0n) is 7.71. The number of hydrogen-bond donors (Lipinski definition) is 0. The van der Waals surface area contributed by atoms with Gasteiger partial charge in [0.05, 0.1) is 0 Å². The van der Waals surface area contributed by atoms with Gasteiger partial charge in [0.15, 0.2) is 0 Å². The van der Waals surface area contributed by atoms with Gasteiger partial charge in [-0.15, -0.1) is 0 Å². The molecule has 0 aliphatic heterocycles. The summed E-state index contributed by atoms with van der Waals surface area (Å²) in [5.41, 5.74) is 0. The summed E-state index contributed by atoms with van der Waals surface area (Å²) in [6.45, 7) is 0. The second-order valence-corrected chi connectivity index (χ2v) is 5.81. The van der Waals surface area contributed by atoms with Crippen LogP contribution >= 0.6 is 0 Å². The molecule has 5 aliphatic rings. The second kappa shape index (κ2) is 1.91. The van der Waals surface area contributed by atoms with Gasteiger partial charge in [-0.3, -0.25) is 0 Å². The van der Waals surface area contributed by atoms with E-state index in [0.717, 1.165) is 0 Å². The predicted octanol–water partition coefficient (Wildman–Crippen LogP) is 3.08. The van der Waals surface area contributed by atoms with E-state index in [0.29, 0.717) is 0 Å². The van der Waals surface area contributed by atoms with Gasteiger partial charge in [-0.25, -0.2) is 0 Å². The van der Waals surface area contributed by atoms with Gasteiger partial charge in [0.2, 0.25) is 0 Å². The van der Waals surface area contributed by atoms with Gasteiger partial charge < -0.3 is 0 Å². The third-order valence-corrected chi connectivity index (χ3v) is 5.70. The van der Waals surface area contributed by atoms with Crippen LogP contribution in [0.5, 0.6) is 0 Å². The first-order valence-electron chi connectivity index (χ1n) is 5.93. The molecule has 0 nitrogen and oxygen atoms in total. The van der Waals surface area contributed by atoms with Crippen molar-refractivity contribution in [1.82, 2.24) is 0 Å². The molecule has 66 valence electrons. The Kier molecular flexibility index (Phi) is 1.03. The highest BCUT2D eigenvalue weighted by Gasteiger charge is 2.58. The van der Waals surface area contributed by atoms with Gasteiger partial charge in [0.25, 0.3) is 0 Å². The van der Waals surface area contributed by atoms with Crippen LogP contribution in [0.15, 0.2) is 0 Å². The maximum atomic E-state index is 1.64. The van der Waals surface area contributed by atoms with Crippen molar-refractivity contribution in [2.45, 2.75) is 38.5 Å². The molecule has 0 aromatic heterocycles. The summed E-state index contributed by atoms with van der Waals surface area (Å²) in [4.78, 5) is 0. The SMILES string of the molecule is C1CC2C1CC2C1C2CCC1C2. The van der Waals surface area contributed by atoms with E-state index in [9.17, 15) is 0 Å². The fourth-order valence-corrected chi connectivity index (χ4v) is 4.86. The molecule has 5 aliphatic carbocycles. The minimum atomic E-state index is 1.21. The lowest BCUT2D eigenvalue weighted by Crippen LogP contribution is -2.52. The van der Waals surface area contributed by atoms with Crippen LogP contribution in [0.1, 0.15) is 38.5 Å². The van der Waals surface area contributed by atoms with E-state index >= 15 is 0 Å². The van der Waals surface area contributed by atoms with E-state index in [2.05, 4.69) is 0 Å². The Labute approximate surface area is 74.7 Å². The molecule has 0 heteroatoms. The number of rotatable bonds is 1. The molecule has 0 radical (unpaired) electrons. The Balaban J connectivity index is 1.53. The van der Waals surface area contributed by atoms with Gasteiger partial charge in [0.1, 0.15) is 0 Å². The van der Waals surface area contributed by atoms with Crippen molar-refractivity contribution in [2.24, 2.45) is 35.5 Å². The van der Waals surface area contributed by atoms with Crippen LogP contribution in [-0.2, 0) is 0 Å². The highest BCUT2D eigenvalue weighted by molar-refractivity contribution is 5.07. The zero-order valence-corrected chi connectivity index (χ0v) is 7.71. The standard InChI is InChI=1S/C12H18/c1-2-9-5-8(1)12(9)11-6-7-3-4-10(7)11/h7-12H,1-6H2. The summed E-state index contributed by atoms with van der Waals surface area (Å²) in [5, 5.41) is 0. The summed E-state index contributed by atoms with van der Waals surface area (Å²) in [6.07, 6.45) is 9.65. The van der Waals surface area contributed by atoms with Crippen LogP contribution < -0.4 is 0 Å². The van der Waals surface area contributed by atoms with Crippen molar-refractivity contribution in [2.75, 3.05) is 0 Å². The average Bonchev–Trinajstić information content (AvgIpc) is 2.57. The molecule has 5 atom stereocenters. The maximum Gasteiger partial charge on any atom is -0.0326 e. The van der Waals surface area contributed by atoms with Crippen molar-refractivity contribution in [3.05, 3.63) is 0 Å².